The van der Waals surface area contributed by atoms with Gasteiger partial charge in [0.05, 0.1) is 0 Å². The fraction of sp³-hybridized carbons (Fsp3) is 0.250. The zero-order valence-electron chi connectivity index (χ0n) is 12.6. The third-order valence-electron chi connectivity index (χ3n) is 3.88. The van der Waals surface area contributed by atoms with Crippen LogP contribution in [0.2, 0.25) is 5.02 Å². The van der Waals surface area contributed by atoms with Crippen molar-refractivity contribution in [1.82, 2.24) is 10.0 Å². The smallest absolute Gasteiger partial charge is 0.243 e. The molecule has 0 aliphatic carbocycles. The van der Waals surface area contributed by atoms with Gasteiger partial charge >= 0.3 is 0 Å². The number of hydrogen-bond acceptors (Lipinski definition) is 3. The Morgan fingerprint density at radius 2 is 2.00 bits per heavy atom. The summed E-state index contributed by atoms with van der Waals surface area (Å²) in [5.74, 6) is -0.859. The van der Waals surface area contributed by atoms with Crippen LogP contribution in [0, 0.1) is 5.82 Å². The molecule has 2 aromatic carbocycles. The number of fused-ring (bicyclic) bond motifs is 1. The number of hydrogen-bond donors (Lipinski definition) is 2. The lowest BCUT2D eigenvalue weighted by molar-refractivity contribution is 0.489. The SMILES string of the molecule is Cl.O=S(=O)(NCC1NCCc2ccccc21)c1ccc(Cl)cc1F. The maximum absolute atomic E-state index is 13.8. The van der Waals surface area contributed by atoms with Crippen LogP contribution in [0.4, 0.5) is 4.39 Å². The highest BCUT2D eigenvalue weighted by atomic mass is 35.5. The molecule has 4 nitrogen and oxygen atoms in total. The molecule has 0 amide bonds. The van der Waals surface area contributed by atoms with Gasteiger partial charge in [-0.2, -0.15) is 0 Å². The zero-order valence-corrected chi connectivity index (χ0v) is 15.0. The van der Waals surface area contributed by atoms with E-state index in [4.69, 9.17) is 11.6 Å². The average molecular weight is 391 g/mol. The van der Waals surface area contributed by atoms with Crippen molar-refractivity contribution in [3.05, 3.63) is 64.4 Å². The third kappa shape index (κ3) is 4.07. The van der Waals surface area contributed by atoms with Crippen LogP contribution in [-0.2, 0) is 16.4 Å². The van der Waals surface area contributed by atoms with E-state index in [9.17, 15) is 12.8 Å². The monoisotopic (exact) mass is 390 g/mol. The summed E-state index contributed by atoms with van der Waals surface area (Å²) in [6.07, 6.45) is 0.908. The van der Waals surface area contributed by atoms with Gasteiger partial charge in [0.15, 0.2) is 0 Å². The maximum atomic E-state index is 13.8. The van der Waals surface area contributed by atoms with Crippen LogP contribution in [0.1, 0.15) is 17.2 Å². The Balaban J connectivity index is 0.00000208. The molecule has 0 aromatic heterocycles. The van der Waals surface area contributed by atoms with E-state index < -0.39 is 20.7 Å². The lowest BCUT2D eigenvalue weighted by atomic mass is 9.95. The molecule has 3 rings (SSSR count). The highest BCUT2D eigenvalue weighted by molar-refractivity contribution is 7.89. The van der Waals surface area contributed by atoms with E-state index in [0.717, 1.165) is 24.6 Å². The molecule has 0 spiro atoms. The first-order valence-electron chi connectivity index (χ1n) is 7.23. The van der Waals surface area contributed by atoms with Crippen molar-refractivity contribution >= 4 is 34.0 Å². The predicted octanol–water partition coefficient (Wildman–Crippen LogP) is 3.07. The molecule has 0 radical (unpaired) electrons. The highest BCUT2D eigenvalue weighted by Crippen LogP contribution is 2.23. The van der Waals surface area contributed by atoms with Crippen LogP contribution >= 0.6 is 24.0 Å². The highest BCUT2D eigenvalue weighted by Gasteiger charge is 2.24. The Bertz CT molecular complexity index is 831. The Morgan fingerprint density at radius 3 is 2.75 bits per heavy atom. The van der Waals surface area contributed by atoms with E-state index in [1.165, 1.54) is 17.7 Å². The van der Waals surface area contributed by atoms with Crippen LogP contribution in [0.3, 0.4) is 0 Å². The van der Waals surface area contributed by atoms with Crippen LogP contribution in [-0.4, -0.2) is 21.5 Å². The Labute approximate surface area is 151 Å². The van der Waals surface area contributed by atoms with Gasteiger partial charge in [-0.25, -0.2) is 17.5 Å². The van der Waals surface area contributed by atoms with E-state index in [1.54, 1.807) is 0 Å². The molecule has 130 valence electrons. The van der Waals surface area contributed by atoms with Gasteiger partial charge in [-0.1, -0.05) is 35.9 Å². The molecule has 0 saturated heterocycles. The molecule has 0 fully saturated rings. The summed E-state index contributed by atoms with van der Waals surface area (Å²) >= 11 is 5.66. The Kier molecular flexibility index (Phi) is 6.22. The average Bonchev–Trinajstić information content (AvgIpc) is 2.52. The minimum absolute atomic E-state index is 0. The molecular weight excluding hydrogens is 374 g/mol. The number of benzene rings is 2. The van der Waals surface area contributed by atoms with Gasteiger partial charge in [-0.15, -0.1) is 12.4 Å². The molecule has 2 aromatic rings. The van der Waals surface area contributed by atoms with Crippen molar-refractivity contribution in [2.75, 3.05) is 13.1 Å². The van der Waals surface area contributed by atoms with Gasteiger partial charge in [0, 0.05) is 17.6 Å². The lowest BCUT2D eigenvalue weighted by Gasteiger charge is -2.27. The summed E-state index contributed by atoms with van der Waals surface area (Å²) in [4.78, 5) is -0.397. The van der Waals surface area contributed by atoms with Gasteiger partial charge in [-0.05, 0) is 42.3 Å². The summed E-state index contributed by atoms with van der Waals surface area (Å²) in [7, 11) is -3.93. The molecule has 24 heavy (non-hydrogen) atoms. The molecule has 0 saturated carbocycles. The van der Waals surface area contributed by atoms with Gasteiger partial charge in [0.1, 0.15) is 10.7 Å². The minimum atomic E-state index is -3.93. The van der Waals surface area contributed by atoms with E-state index in [0.29, 0.717) is 0 Å². The summed E-state index contributed by atoms with van der Waals surface area (Å²) in [5, 5.41) is 3.44. The number of sulfonamides is 1. The summed E-state index contributed by atoms with van der Waals surface area (Å²) in [5.41, 5.74) is 2.27. The molecule has 0 bridgehead atoms. The Hall–Kier alpha value is -1.18. The summed E-state index contributed by atoms with van der Waals surface area (Å²) in [6, 6.07) is 11.3. The second kappa shape index (κ2) is 7.80. The molecule has 8 heteroatoms. The van der Waals surface area contributed by atoms with Crippen LogP contribution < -0.4 is 10.0 Å². The standard InChI is InChI=1S/C16H16ClFN2O2S.ClH/c17-12-5-6-16(14(18)9-12)23(21,22)20-10-15-13-4-2-1-3-11(13)7-8-19-15;/h1-6,9,15,19-20H,7-8,10H2;1H. The fourth-order valence-corrected chi connectivity index (χ4v) is 4.00. The molecule has 1 aliphatic rings. The van der Waals surface area contributed by atoms with Crippen LogP contribution in [0.25, 0.3) is 0 Å². The van der Waals surface area contributed by atoms with Gasteiger partial charge in [0.25, 0.3) is 0 Å². The van der Waals surface area contributed by atoms with Crippen molar-refractivity contribution in [2.45, 2.75) is 17.4 Å². The summed E-state index contributed by atoms with van der Waals surface area (Å²) in [6.45, 7) is 0.931. The second-order valence-corrected chi connectivity index (χ2v) is 7.55. The summed E-state index contributed by atoms with van der Waals surface area (Å²) < 4.78 is 40.9. The third-order valence-corrected chi connectivity index (χ3v) is 5.57. The van der Waals surface area contributed by atoms with Crippen molar-refractivity contribution in [2.24, 2.45) is 0 Å². The van der Waals surface area contributed by atoms with Gasteiger partial charge in [0.2, 0.25) is 10.0 Å². The largest absolute Gasteiger partial charge is 0.308 e. The molecular formula is C16H17Cl2FN2O2S. The van der Waals surface area contributed by atoms with Crippen LogP contribution in [0.5, 0.6) is 0 Å². The number of nitrogens with one attached hydrogen (secondary N) is 2. The van der Waals surface area contributed by atoms with E-state index in [1.807, 2.05) is 24.3 Å². The minimum Gasteiger partial charge on any atom is -0.308 e. The molecule has 1 heterocycles. The van der Waals surface area contributed by atoms with E-state index in [2.05, 4.69) is 10.0 Å². The first-order chi connectivity index (χ1) is 11.0. The molecule has 1 atom stereocenters. The number of rotatable bonds is 4. The maximum Gasteiger partial charge on any atom is 0.243 e. The predicted molar refractivity (Wildman–Crippen MR) is 94.7 cm³/mol. The van der Waals surface area contributed by atoms with Gasteiger partial charge < -0.3 is 5.32 Å². The molecule has 2 N–H and O–H groups in total. The molecule has 1 aliphatic heterocycles. The van der Waals surface area contributed by atoms with Crippen molar-refractivity contribution in [3.8, 4) is 0 Å². The van der Waals surface area contributed by atoms with Crippen LogP contribution in [0.15, 0.2) is 47.4 Å². The zero-order chi connectivity index (χ0) is 16.4. The lowest BCUT2D eigenvalue weighted by Crippen LogP contribution is -2.39. The van der Waals surface area contributed by atoms with E-state index >= 15 is 0 Å². The number of halogens is 3. The van der Waals surface area contributed by atoms with Crippen molar-refractivity contribution < 1.29 is 12.8 Å². The van der Waals surface area contributed by atoms with Crippen molar-refractivity contribution in [3.63, 3.8) is 0 Å². The first-order valence-corrected chi connectivity index (χ1v) is 9.09. The van der Waals surface area contributed by atoms with E-state index in [-0.39, 0.29) is 30.0 Å². The normalized spacial score (nSPS) is 17.0. The van der Waals surface area contributed by atoms with Crippen molar-refractivity contribution in [1.29, 1.82) is 0 Å². The molecule has 1 unspecified atom stereocenters. The van der Waals surface area contributed by atoms with Gasteiger partial charge in [-0.3, -0.25) is 0 Å². The Morgan fingerprint density at radius 1 is 1.25 bits per heavy atom. The first kappa shape index (κ1) is 19.1. The topological polar surface area (TPSA) is 58.2 Å². The fourth-order valence-electron chi connectivity index (χ4n) is 2.74. The second-order valence-electron chi connectivity index (χ2n) is 5.38. The quantitative estimate of drug-likeness (QED) is 0.843.